The summed E-state index contributed by atoms with van der Waals surface area (Å²) in [4.78, 5) is 17.1. The molecule has 2 aromatic heterocycles. The molecular formula is C26H26N6O3. The number of anilines is 1. The molecule has 1 aliphatic heterocycles. The summed E-state index contributed by atoms with van der Waals surface area (Å²) < 4.78 is 7.83. The molecule has 2 aromatic carbocycles. The van der Waals surface area contributed by atoms with Crippen LogP contribution in [-0.4, -0.2) is 44.0 Å². The Bertz CT molecular complexity index is 1310. The fourth-order valence-electron chi connectivity index (χ4n) is 4.16. The maximum absolute atomic E-state index is 13.0. The SMILES string of the molecule is O=C(N[C@H](CCO)c1ccccc1)c1cccc(NCc2nnc3n2CCOc2cnccc2-3)c1. The lowest BCUT2D eigenvalue weighted by atomic mass is 10.0. The third-order valence-corrected chi connectivity index (χ3v) is 5.93. The first-order valence-corrected chi connectivity index (χ1v) is 11.5. The fraction of sp³-hybridized carbons (Fsp3) is 0.231. The average Bonchev–Trinajstić information content (AvgIpc) is 3.21. The normalized spacial score (nSPS) is 13.1. The number of carbonyl (C=O) groups is 1. The molecule has 3 N–H and O–H groups in total. The molecule has 1 aliphatic rings. The van der Waals surface area contributed by atoms with Gasteiger partial charge in [0.2, 0.25) is 0 Å². The van der Waals surface area contributed by atoms with Crippen molar-refractivity contribution >= 4 is 11.6 Å². The van der Waals surface area contributed by atoms with Crippen LogP contribution in [0.3, 0.4) is 0 Å². The van der Waals surface area contributed by atoms with E-state index in [0.29, 0.717) is 37.4 Å². The van der Waals surface area contributed by atoms with Crippen molar-refractivity contribution in [3.8, 4) is 17.1 Å². The first-order valence-electron chi connectivity index (χ1n) is 11.5. The van der Waals surface area contributed by atoms with E-state index >= 15 is 0 Å². The Hall–Kier alpha value is -4.24. The highest BCUT2D eigenvalue weighted by Crippen LogP contribution is 2.30. The highest BCUT2D eigenvalue weighted by molar-refractivity contribution is 5.95. The number of fused-ring (bicyclic) bond motifs is 3. The van der Waals surface area contributed by atoms with Crippen molar-refractivity contribution in [3.63, 3.8) is 0 Å². The second kappa shape index (κ2) is 10.4. The van der Waals surface area contributed by atoms with Gasteiger partial charge in [0.25, 0.3) is 5.91 Å². The molecule has 0 saturated carbocycles. The highest BCUT2D eigenvalue weighted by atomic mass is 16.5. The average molecular weight is 471 g/mol. The molecule has 0 unspecified atom stereocenters. The number of amides is 1. The van der Waals surface area contributed by atoms with Gasteiger partial charge in [-0.05, 0) is 36.2 Å². The van der Waals surface area contributed by atoms with Gasteiger partial charge in [-0.25, -0.2) is 0 Å². The molecule has 0 radical (unpaired) electrons. The summed E-state index contributed by atoms with van der Waals surface area (Å²) in [7, 11) is 0. The second-order valence-corrected chi connectivity index (χ2v) is 8.20. The molecular weight excluding hydrogens is 444 g/mol. The molecule has 178 valence electrons. The predicted molar refractivity (Wildman–Crippen MR) is 131 cm³/mol. The Balaban J connectivity index is 1.28. The lowest BCUT2D eigenvalue weighted by Gasteiger charge is -2.18. The molecule has 0 fully saturated rings. The van der Waals surface area contributed by atoms with Crippen molar-refractivity contribution in [3.05, 3.63) is 90.0 Å². The van der Waals surface area contributed by atoms with Crippen LogP contribution in [0.5, 0.6) is 5.75 Å². The van der Waals surface area contributed by atoms with Crippen molar-refractivity contribution in [2.45, 2.75) is 25.6 Å². The fourth-order valence-corrected chi connectivity index (χ4v) is 4.16. The standard InChI is InChI=1S/C26H26N6O3/c33-13-10-22(18-5-2-1-3-6-18)29-26(34)19-7-4-8-20(15-19)28-17-24-30-31-25-21-9-11-27-16-23(21)35-14-12-32(24)25/h1-9,11,15-16,22,28,33H,10,12-14,17H2,(H,29,34)/t22-/m1/s1. The first kappa shape index (κ1) is 22.5. The third-order valence-electron chi connectivity index (χ3n) is 5.93. The number of aliphatic hydroxyl groups is 1. The van der Waals surface area contributed by atoms with E-state index < -0.39 is 0 Å². The monoisotopic (exact) mass is 470 g/mol. The predicted octanol–water partition coefficient (Wildman–Crippen LogP) is 3.20. The number of ether oxygens (including phenoxy) is 1. The van der Waals surface area contributed by atoms with E-state index in [1.807, 2.05) is 53.1 Å². The van der Waals surface area contributed by atoms with Gasteiger partial charge in [-0.1, -0.05) is 36.4 Å². The topological polar surface area (TPSA) is 114 Å². The minimum absolute atomic E-state index is 0.0177. The van der Waals surface area contributed by atoms with E-state index in [0.717, 1.165) is 28.5 Å². The van der Waals surface area contributed by atoms with Crippen molar-refractivity contribution < 1.29 is 14.6 Å². The largest absolute Gasteiger partial charge is 0.489 e. The number of aromatic nitrogens is 4. The lowest BCUT2D eigenvalue weighted by molar-refractivity contribution is 0.0930. The second-order valence-electron chi connectivity index (χ2n) is 8.20. The summed E-state index contributed by atoms with van der Waals surface area (Å²) in [5.41, 5.74) is 3.15. The summed E-state index contributed by atoms with van der Waals surface area (Å²) in [6.45, 7) is 1.55. The van der Waals surface area contributed by atoms with Gasteiger partial charge >= 0.3 is 0 Å². The molecule has 1 atom stereocenters. The smallest absolute Gasteiger partial charge is 0.251 e. The van der Waals surface area contributed by atoms with E-state index in [2.05, 4.69) is 25.8 Å². The van der Waals surface area contributed by atoms with Crippen LogP contribution in [0.2, 0.25) is 0 Å². The maximum Gasteiger partial charge on any atom is 0.251 e. The summed E-state index contributed by atoms with van der Waals surface area (Å²) in [6, 6.07) is 18.6. The van der Waals surface area contributed by atoms with E-state index in [4.69, 9.17) is 4.74 Å². The minimum Gasteiger partial charge on any atom is -0.489 e. The quantitative estimate of drug-likeness (QED) is 0.362. The number of carbonyl (C=O) groups excluding carboxylic acids is 1. The molecule has 35 heavy (non-hydrogen) atoms. The van der Waals surface area contributed by atoms with E-state index in [-0.39, 0.29) is 18.6 Å². The molecule has 9 heteroatoms. The van der Waals surface area contributed by atoms with Crippen LogP contribution in [0, 0.1) is 0 Å². The van der Waals surface area contributed by atoms with Crippen molar-refractivity contribution in [2.24, 2.45) is 0 Å². The zero-order valence-corrected chi connectivity index (χ0v) is 19.1. The molecule has 1 amide bonds. The van der Waals surface area contributed by atoms with Gasteiger partial charge in [0.15, 0.2) is 11.6 Å². The van der Waals surface area contributed by atoms with Crippen LogP contribution in [0.25, 0.3) is 11.4 Å². The van der Waals surface area contributed by atoms with Gasteiger partial charge in [-0.2, -0.15) is 0 Å². The molecule has 3 heterocycles. The van der Waals surface area contributed by atoms with Crippen LogP contribution in [0.15, 0.2) is 73.1 Å². The number of rotatable bonds is 8. The molecule has 5 rings (SSSR count). The number of nitrogens with zero attached hydrogens (tertiary/aromatic N) is 4. The summed E-state index contributed by atoms with van der Waals surface area (Å²) >= 11 is 0. The number of pyridine rings is 1. The van der Waals surface area contributed by atoms with Crippen LogP contribution in [0.1, 0.15) is 34.2 Å². The summed E-state index contributed by atoms with van der Waals surface area (Å²) in [5.74, 6) is 2.03. The van der Waals surface area contributed by atoms with Crippen molar-refractivity contribution in [2.75, 3.05) is 18.5 Å². The maximum atomic E-state index is 13.0. The van der Waals surface area contributed by atoms with E-state index in [9.17, 15) is 9.90 Å². The lowest BCUT2D eigenvalue weighted by Crippen LogP contribution is -2.29. The summed E-state index contributed by atoms with van der Waals surface area (Å²) in [6.07, 6.45) is 3.84. The number of hydrogen-bond donors (Lipinski definition) is 3. The number of nitrogens with one attached hydrogen (secondary N) is 2. The molecule has 9 nitrogen and oxygen atoms in total. The van der Waals surface area contributed by atoms with Gasteiger partial charge in [-0.3, -0.25) is 9.78 Å². The Labute approximate surface area is 202 Å². The third kappa shape index (κ3) is 4.99. The van der Waals surface area contributed by atoms with Gasteiger partial charge in [-0.15, -0.1) is 10.2 Å². The van der Waals surface area contributed by atoms with Gasteiger partial charge < -0.3 is 25.0 Å². The van der Waals surface area contributed by atoms with Gasteiger partial charge in [0, 0.05) is 24.1 Å². The minimum atomic E-state index is -0.267. The van der Waals surface area contributed by atoms with Gasteiger partial charge in [0.1, 0.15) is 12.4 Å². The number of aliphatic hydroxyl groups excluding tert-OH is 1. The zero-order chi connectivity index (χ0) is 24.0. The molecule has 0 bridgehead atoms. The summed E-state index contributed by atoms with van der Waals surface area (Å²) in [5, 5.41) is 24.6. The number of benzene rings is 2. The molecule has 0 spiro atoms. The molecule has 4 aromatic rings. The van der Waals surface area contributed by atoms with Crippen LogP contribution >= 0.6 is 0 Å². The Morgan fingerprint density at radius 3 is 2.86 bits per heavy atom. The van der Waals surface area contributed by atoms with Gasteiger partial charge in [0.05, 0.1) is 30.9 Å². The Morgan fingerprint density at radius 1 is 1.11 bits per heavy atom. The highest BCUT2D eigenvalue weighted by Gasteiger charge is 2.21. The van der Waals surface area contributed by atoms with E-state index in [1.54, 1.807) is 24.5 Å². The van der Waals surface area contributed by atoms with Crippen LogP contribution in [-0.2, 0) is 13.1 Å². The van der Waals surface area contributed by atoms with E-state index in [1.165, 1.54) is 0 Å². The van der Waals surface area contributed by atoms with Crippen LogP contribution < -0.4 is 15.4 Å². The van der Waals surface area contributed by atoms with Crippen molar-refractivity contribution in [1.29, 1.82) is 0 Å². The molecule has 0 saturated heterocycles. The van der Waals surface area contributed by atoms with Crippen LogP contribution in [0.4, 0.5) is 5.69 Å². The zero-order valence-electron chi connectivity index (χ0n) is 19.1. The first-order chi connectivity index (χ1) is 17.2. The van der Waals surface area contributed by atoms with Crippen molar-refractivity contribution in [1.82, 2.24) is 25.1 Å². The Morgan fingerprint density at radius 2 is 2.00 bits per heavy atom. The molecule has 0 aliphatic carbocycles. The number of hydrogen-bond acceptors (Lipinski definition) is 7. The Kier molecular flexibility index (Phi) is 6.67.